The highest BCUT2D eigenvalue weighted by Gasteiger charge is 2.41. The molecule has 2 N–H and O–H groups in total. The number of aromatic nitrogens is 2. The maximum absolute atomic E-state index is 13.2. The van der Waals surface area contributed by atoms with Crippen molar-refractivity contribution in [2.45, 2.75) is 30.3 Å². The number of benzene rings is 1. The van der Waals surface area contributed by atoms with Gasteiger partial charge in [0.05, 0.1) is 22.5 Å². The molecule has 0 spiro atoms. The summed E-state index contributed by atoms with van der Waals surface area (Å²) in [6.07, 6.45) is 3.23. The summed E-state index contributed by atoms with van der Waals surface area (Å²) in [6.45, 7) is 3.61. The number of Topliss-reactive ketones (excluding diaryl/α,β-unsaturated/α-hetero) is 1. The lowest BCUT2D eigenvalue weighted by Crippen LogP contribution is -2.33. The zero-order valence-corrected chi connectivity index (χ0v) is 17.6. The minimum atomic E-state index is -0.946. The summed E-state index contributed by atoms with van der Waals surface area (Å²) >= 11 is 1.31. The van der Waals surface area contributed by atoms with Gasteiger partial charge in [-0.05, 0) is 18.9 Å². The lowest BCUT2D eigenvalue weighted by molar-refractivity contribution is -0.385. The van der Waals surface area contributed by atoms with E-state index in [2.05, 4.69) is 21.9 Å². The van der Waals surface area contributed by atoms with Gasteiger partial charge in [-0.25, -0.2) is 4.98 Å². The lowest BCUT2D eigenvalue weighted by atomic mass is 9.76. The van der Waals surface area contributed by atoms with Gasteiger partial charge in [0, 0.05) is 29.0 Å². The zero-order chi connectivity index (χ0) is 22.4. The van der Waals surface area contributed by atoms with E-state index in [9.17, 15) is 19.7 Å². The summed E-state index contributed by atoms with van der Waals surface area (Å²) < 4.78 is 10.7. The third-order valence-corrected chi connectivity index (χ3v) is 6.47. The van der Waals surface area contributed by atoms with Crippen molar-refractivity contribution >= 4 is 29.1 Å². The number of ketones is 1. The Morgan fingerprint density at radius 3 is 2.81 bits per heavy atom. The normalized spacial score (nSPS) is 18.6. The topological polar surface area (TPSA) is 136 Å². The number of anilines is 1. The van der Waals surface area contributed by atoms with E-state index in [-0.39, 0.29) is 35.1 Å². The molecule has 2 aromatic rings. The van der Waals surface area contributed by atoms with Gasteiger partial charge < -0.3 is 19.8 Å². The van der Waals surface area contributed by atoms with E-state index in [0.717, 1.165) is 0 Å². The molecule has 1 aromatic heterocycles. The second-order valence-electron chi connectivity index (χ2n) is 7.48. The van der Waals surface area contributed by atoms with Crippen molar-refractivity contribution in [2.24, 2.45) is 0 Å². The molecule has 0 fully saturated rings. The summed E-state index contributed by atoms with van der Waals surface area (Å²) in [4.78, 5) is 44.9. The SMILES string of the molecule is C=CCSc1nc2c(c(=O)[nH]1)[C@@H](c1cc3c(cc1[N+](=O)[O-])OCO3)C1=C(CCCC1=O)N2. The largest absolute Gasteiger partial charge is 0.454 e. The van der Waals surface area contributed by atoms with E-state index in [1.165, 1.54) is 23.9 Å². The van der Waals surface area contributed by atoms with Crippen LogP contribution in [-0.4, -0.2) is 33.2 Å². The van der Waals surface area contributed by atoms with Gasteiger partial charge in [0.1, 0.15) is 5.82 Å². The van der Waals surface area contributed by atoms with Crippen LogP contribution in [0.4, 0.5) is 11.5 Å². The summed E-state index contributed by atoms with van der Waals surface area (Å²) in [5.41, 5.74) is 0.665. The molecule has 3 heterocycles. The van der Waals surface area contributed by atoms with Crippen LogP contribution in [0.5, 0.6) is 11.5 Å². The first-order valence-electron chi connectivity index (χ1n) is 9.97. The van der Waals surface area contributed by atoms with Crippen LogP contribution in [0.25, 0.3) is 0 Å². The predicted octanol–water partition coefficient (Wildman–Crippen LogP) is 3.25. The molecule has 1 atom stereocenters. The van der Waals surface area contributed by atoms with Crippen molar-refractivity contribution in [1.29, 1.82) is 0 Å². The first-order valence-corrected chi connectivity index (χ1v) is 11.0. The molecule has 32 heavy (non-hydrogen) atoms. The molecule has 0 amide bonds. The fourth-order valence-corrected chi connectivity index (χ4v) is 4.89. The first kappa shape index (κ1) is 20.3. The molecule has 11 heteroatoms. The Labute approximate surface area is 185 Å². The number of allylic oxidation sites excluding steroid dienone is 2. The van der Waals surface area contributed by atoms with Crippen LogP contribution < -0.4 is 20.3 Å². The van der Waals surface area contributed by atoms with Crippen LogP contribution in [-0.2, 0) is 4.79 Å². The summed E-state index contributed by atoms with van der Waals surface area (Å²) in [5, 5.41) is 15.5. The molecule has 0 unspecified atom stereocenters. The standard InChI is InChI=1S/C21H18N4O6S/c1-2-6-32-21-23-19-18(20(27)24-21)16(17-11(22-19)4-3-5-13(17)26)10-7-14-15(31-9-30-14)8-12(10)25(28)29/h2,7-8,16H,1,3-6,9H2,(H2,22,23,24,27)/t16-/m0/s1. The van der Waals surface area contributed by atoms with Crippen LogP contribution in [0.15, 0.2) is 46.0 Å². The molecule has 164 valence electrons. The number of carbonyl (C=O) groups is 1. The van der Waals surface area contributed by atoms with Crippen LogP contribution in [0, 0.1) is 10.1 Å². The highest BCUT2D eigenvalue weighted by Crippen LogP contribution is 2.49. The van der Waals surface area contributed by atoms with Crippen LogP contribution in [0.1, 0.15) is 36.3 Å². The number of thioether (sulfide) groups is 1. The number of nitro groups is 1. The van der Waals surface area contributed by atoms with E-state index >= 15 is 0 Å². The van der Waals surface area contributed by atoms with Gasteiger partial charge in [0.2, 0.25) is 6.79 Å². The van der Waals surface area contributed by atoms with Gasteiger partial charge >= 0.3 is 0 Å². The number of nitrogens with zero attached hydrogens (tertiary/aromatic N) is 2. The van der Waals surface area contributed by atoms with Gasteiger partial charge in [-0.2, -0.15) is 0 Å². The predicted molar refractivity (Wildman–Crippen MR) is 116 cm³/mol. The van der Waals surface area contributed by atoms with Crippen LogP contribution in [0.2, 0.25) is 0 Å². The molecular formula is C21H18N4O6S. The highest BCUT2D eigenvalue weighted by molar-refractivity contribution is 7.99. The van der Waals surface area contributed by atoms with E-state index < -0.39 is 16.4 Å². The average molecular weight is 454 g/mol. The lowest BCUT2D eigenvalue weighted by Gasteiger charge is -2.32. The number of hydrogen-bond acceptors (Lipinski definition) is 9. The van der Waals surface area contributed by atoms with Crippen molar-refractivity contribution in [2.75, 3.05) is 17.9 Å². The summed E-state index contributed by atoms with van der Waals surface area (Å²) in [6, 6.07) is 2.77. The summed E-state index contributed by atoms with van der Waals surface area (Å²) in [5.74, 6) is 0.335. The Hall–Kier alpha value is -3.60. The van der Waals surface area contributed by atoms with Gasteiger partial charge in [-0.15, -0.1) is 6.58 Å². The molecule has 0 radical (unpaired) electrons. The van der Waals surface area contributed by atoms with E-state index in [0.29, 0.717) is 53.0 Å². The number of carbonyl (C=O) groups excluding carboxylic acids is 1. The minimum absolute atomic E-state index is 0.0579. The quantitative estimate of drug-likeness (QED) is 0.229. The molecule has 5 rings (SSSR count). The molecule has 0 saturated heterocycles. The Bertz CT molecular complexity index is 1270. The van der Waals surface area contributed by atoms with Crippen LogP contribution in [0.3, 0.4) is 0 Å². The number of aromatic amines is 1. The molecule has 1 aliphatic carbocycles. The zero-order valence-electron chi connectivity index (χ0n) is 16.8. The maximum Gasteiger partial charge on any atom is 0.277 e. The monoisotopic (exact) mass is 454 g/mol. The number of fused-ring (bicyclic) bond motifs is 2. The Kier molecular flexibility index (Phi) is 4.97. The second-order valence-corrected chi connectivity index (χ2v) is 8.49. The Morgan fingerprint density at radius 1 is 1.28 bits per heavy atom. The minimum Gasteiger partial charge on any atom is -0.454 e. The Balaban J connectivity index is 1.77. The molecule has 10 nitrogen and oxygen atoms in total. The molecule has 3 aliphatic rings. The number of rotatable bonds is 5. The molecule has 2 aliphatic heterocycles. The van der Waals surface area contributed by atoms with E-state index in [4.69, 9.17) is 9.47 Å². The van der Waals surface area contributed by atoms with Crippen molar-refractivity contribution in [1.82, 2.24) is 9.97 Å². The van der Waals surface area contributed by atoms with Gasteiger partial charge in [0.25, 0.3) is 11.2 Å². The molecular weight excluding hydrogens is 436 g/mol. The maximum atomic E-state index is 13.2. The molecule has 0 saturated carbocycles. The third kappa shape index (κ3) is 3.25. The van der Waals surface area contributed by atoms with E-state index in [1.54, 1.807) is 6.08 Å². The number of ether oxygens (including phenoxy) is 2. The van der Waals surface area contributed by atoms with Crippen molar-refractivity contribution in [3.8, 4) is 11.5 Å². The van der Waals surface area contributed by atoms with Crippen molar-refractivity contribution in [3.05, 3.63) is 67.7 Å². The number of hydrogen-bond donors (Lipinski definition) is 2. The number of nitrogens with one attached hydrogen (secondary N) is 2. The van der Waals surface area contributed by atoms with E-state index in [1.807, 2.05) is 0 Å². The number of H-pyrrole nitrogens is 1. The van der Waals surface area contributed by atoms with Crippen LogP contribution >= 0.6 is 11.8 Å². The van der Waals surface area contributed by atoms with Crippen molar-refractivity contribution < 1.29 is 19.2 Å². The van der Waals surface area contributed by atoms with Gasteiger partial charge in [-0.1, -0.05) is 17.8 Å². The summed E-state index contributed by atoms with van der Waals surface area (Å²) in [7, 11) is 0. The third-order valence-electron chi connectivity index (χ3n) is 5.60. The van der Waals surface area contributed by atoms with Gasteiger partial charge in [-0.3, -0.25) is 19.7 Å². The molecule has 1 aromatic carbocycles. The molecule has 0 bridgehead atoms. The van der Waals surface area contributed by atoms with Gasteiger partial charge in [0.15, 0.2) is 22.4 Å². The Morgan fingerprint density at radius 2 is 2.06 bits per heavy atom. The van der Waals surface area contributed by atoms with Crippen molar-refractivity contribution in [3.63, 3.8) is 0 Å². The average Bonchev–Trinajstić information content (AvgIpc) is 3.23. The second kappa shape index (κ2) is 7.83. The fourth-order valence-electron chi connectivity index (χ4n) is 4.29. The smallest absolute Gasteiger partial charge is 0.277 e. The fraction of sp³-hybridized carbons (Fsp3) is 0.286. The number of nitro benzene ring substituents is 1. The first-order chi connectivity index (χ1) is 15.5. The highest BCUT2D eigenvalue weighted by atomic mass is 32.2.